The molecule has 2 rings (SSSR count). The summed E-state index contributed by atoms with van der Waals surface area (Å²) in [5.74, 6) is -4.95. The summed E-state index contributed by atoms with van der Waals surface area (Å²) in [4.78, 5) is 47.7. The number of hydrogen-bond acceptors (Lipinski definition) is 9. The van der Waals surface area contributed by atoms with Gasteiger partial charge in [-0.05, 0) is 44.9 Å². The van der Waals surface area contributed by atoms with Crippen molar-refractivity contribution >= 4 is 23.9 Å². The predicted molar refractivity (Wildman–Crippen MR) is 120 cm³/mol. The highest BCUT2D eigenvalue weighted by Gasteiger charge is 2.48. The van der Waals surface area contributed by atoms with E-state index in [4.69, 9.17) is 18.9 Å². The van der Waals surface area contributed by atoms with Crippen molar-refractivity contribution < 1.29 is 48.3 Å². The standard InChI is InChI=1S/C23H32N2O10/c1-14(27)33-23(20(29)30)9-5-6-18(34-23)32-17-8-7-15(13-26)12-16(17)19(28)24-10-11-25-21(31)35-22(2,3)4/h7-8,12,18,26H,5-6,9-11,13H2,1-4H3,(H,24,28)(H,25,31)(H,29,30). The number of hydrogen-bond donors (Lipinski definition) is 4. The fourth-order valence-electron chi connectivity index (χ4n) is 3.27. The molecule has 2 unspecified atom stereocenters. The van der Waals surface area contributed by atoms with Crippen LogP contribution in [0.15, 0.2) is 18.2 Å². The molecule has 4 N–H and O–H groups in total. The van der Waals surface area contributed by atoms with Crippen LogP contribution in [0.4, 0.5) is 4.79 Å². The van der Waals surface area contributed by atoms with Gasteiger partial charge in [0, 0.05) is 32.9 Å². The number of aliphatic carboxylic acids is 1. The third kappa shape index (κ3) is 8.41. The number of esters is 1. The summed E-state index contributed by atoms with van der Waals surface area (Å²) < 4.78 is 21.3. The van der Waals surface area contributed by atoms with Crippen LogP contribution in [0.1, 0.15) is 62.9 Å². The average molecular weight is 497 g/mol. The van der Waals surface area contributed by atoms with Crippen molar-refractivity contribution in [3.8, 4) is 5.75 Å². The lowest BCUT2D eigenvalue weighted by Crippen LogP contribution is -2.51. The van der Waals surface area contributed by atoms with Crippen LogP contribution in [0.25, 0.3) is 0 Å². The second kappa shape index (κ2) is 11.8. The molecule has 0 aliphatic carbocycles. The Bertz CT molecular complexity index is 943. The number of ether oxygens (including phenoxy) is 4. The fraction of sp³-hybridized carbons (Fsp3) is 0.565. The number of carbonyl (C=O) groups excluding carboxylic acids is 3. The fourth-order valence-corrected chi connectivity index (χ4v) is 3.27. The van der Waals surface area contributed by atoms with Crippen molar-refractivity contribution in [1.82, 2.24) is 10.6 Å². The molecule has 1 fully saturated rings. The summed E-state index contributed by atoms with van der Waals surface area (Å²) in [6.07, 6.45) is -1.17. The zero-order valence-electron chi connectivity index (χ0n) is 20.2. The Morgan fingerprint density at radius 2 is 1.86 bits per heavy atom. The zero-order valence-corrected chi connectivity index (χ0v) is 20.2. The van der Waals surface area contributed by atoms with E-state index in [9.17, 15) is 29.4 Å². The number of benzene rings is 1. The van der Waals surface area contributed by atoms with Crippen LogP contribution in [0, 0.1) is 0 Å². The predicted octanol–water partition coefficient (Wildman–Crippen LogP) is 1.68. The molecule has 1 saturated heterocycles. The first kappa shape index (κ1) is 27.9. The second-order valence-corrected chi connectivity index (χ2v) is 8.88. The van der Waals surface area contributed by atoms with Gasteiger partial charge in [0.25, 0.3) is 5.91 Å². The first-order valence-corrected chi connectivity index (χ1v) is 11.1. The molecule has 0 spiro atoms. The third-order valence-electron chi connectivity index (χ3n) is 4.71. The van der Waals surface area contributed by atoms with Crippen molar-refractivity contribution in [3.63, 3.8) is 0 Å². The first-order valence-electron chi connectivity index (χ1n) is 11.1. The molecule has 1 heterocycles. The number of aliphatic hydroxyl groups is 1. The maximum absolute atomic E-state index is 12.8. The summed E-state index contributed by atoms with van der Waals surface area (Å²) in [7, 11) is 0. The van der Waals surface area contributed by atoms with Crippen LogP contribution in [-0.4, -0.2) is 64.9 Å². The van der Waals surface area contributed by atoms with Gasteiger partial charge in [0.15, 0.2) is 0 Å². The monoisotopic (exact) mass is 496 g/mol. The van der Waals surface area contributed by atoms with Crippen LogP contribution >= 0.6 is 0 Å². The van der Waals surface area contributed by atoms with Crippen molar-refractivity contribution in [3.05, 3.63) is 29.3 Å². The van der Waals surface area contributed by atoms with Crippen LogP contribution < -0.4 is 15.4 Å². The summed E-state index contributed by atoms with van der Waals surface area (Å²) in [5.41, 5.74) is -0.144. The quantitative estimate of drug-likeness (QED) is 0.291. The summed E-state index contributed by atoms with van der Waals surface area (Å²) in [5, 5.41) is 24.2. The number of carboxylic acids is 1. The highest BCUT2D eigenvalue weighted by atomic mass is 16.8. The summed E-state index contributed by atoms with van der Waals surface area (Å²) >= 11 is 0. The van der Waals surface area contributed by atoms with Crippen molar-refractivity contribution in [2.24, 2.45) is 0 Å². The summed E-state index contributed by atoms with van der Waals surface area (Å²) in [6, 6.07) is 4.41. The van der Waals surface area contributed by atoms with Crippen molar-refractivity contribution in [1.29, 1.82) is 0 Å². The maximum Gasteiger partial charge on any atom is 0.407 e. The molecule has 0 bridgehead atoms. The van der Waals surface area contributed by atoms with Gasteiger partial charge in [-0.1, -0.05) is 6.07 Å². The molecule has 0 radical (unpaired) electrons. The van der Waals surface area contributed by atoms with E-state index < -0.39 is 41.6 Å². The van der Waals surface area contributed by atoms with E-state index in [1.165, 1.54) is 18.2 Å². The smallest absolute Gasteiger partial charge is 0.407 e. The molecule has 35 heavy (non-hydrogen) atoms. The molecule has 194 valence electrons. The Morgan fingerprint density at radius 1 is 1.17 bits per heavy atom. The zero-order chi connectivity index (χ0) is 26.2. The van der Waals surface area contributed by atoms with Gasteiger partial charge in [0.2, 0.25) is 6.29 Å². The number of alkyl carbamates (subject to hydrolysis) is 1. The number of carboxylic acid groups (broad SMARTS) is 1. The molecule has 1 aliphatic heterocycles. The Morgan fingerprint density at radius 3 is 2.46 bits per heavy atom. The van der Waals surface area contributed by atoms with E-state index in [1.54, 1.807) is 20.8 Å². The van der Waals surface area contributed by atoms with Gasteiger partial charge < -0.3 is 35.1 Å². The lowest BCUT2D eigenvalue weighted by atomic mass is 10.0. The number of amides is 2. The highest BCUT2D eigenvalue weighted by Crippen LogP contribution is 2.33. The molecule has 1 aromatic rings. The van der Waals surface area contributed by atoms with Gasteiger partial charge in [-0.2, -0.15) is 0 Å². The summed E-state index contributed by atoms with van der Waals surface area (Å²) in [6.45, 7) is 6.12. The Kier molecular flexibility index (Phi) is 9.43. The van der Waals surface area contributed by atoms with E-state index in [2.05, 4.69) is 10.6 Å². The molecule has 12 nitrogen and oxygen atoms in total. The lowest BCUT2D eigenvalue weighted by molar-refractivity contribution is -0.294. The van der Waals surface area contributed by atoms with Crippen LogP contribution in [0.2, 0.25) is 0 Å². The van der Waals surface area contributed by atoms with Gasteiger partial charge in [-0.3, -0.25) is 14.3 Å². The molecule has 1 aliphatic rings. The first-order chi connectivity index (χ1) is 16.3. The minimum Gasteiger partial charge on any atom is -0.476 e. The van der Waals surface area contributed by atoms with E-state index in [-0.39, 0.29) is 37.4 Å². The van der Waals surface area contributed by atoms with Gasteiger partial charge >= 0.3 is 23.8 Å². The topological polar surface area (TPSA) is 170 Å². The Balaban J connectivity index is 2.08. The minimum atomic E-state index is -2.18. The lowest BCUT2D eigenvalue weighted by Gasteiger charge is -2.36. The van der Waals surface area contributed by atoms with Gasteiger partial charge in [0.1, 0.15) is 11.4 Å². The van der Waals surface area contributed by atoms with Crippen LogP contribution in [0.3, 0.4) is 0 Å². The second-order valence-electron chi connectivity index (χ2n) is 8.88. The van der Waals surface area contributed by atoms with Gasteiger partial charge in [-0.25, -0.2) is 9.59 Å². The van der Waals surface area contributed by atoms with Crippen LogP contribution in [0.5, 0.6) is 5.75 Å². The molecular weight excluding hydrogens is 464 g/mol. The molecule has 1 aromatic carbocycles. The van der Waals surface area contributed by atoms with Crippen LogP contribution in [-0.2, 0) is 30.4 Å². The number of nitrogens with one attached hydrogen (secondary N) is 2. The van der Waals surface area contributed by atoms with E-state index in [1.807, 2.05) is 0 Å². The number of aliphatic hydroxyl groups excluding tert-OH is 1. The molecule has 2 amide bonds. The Labute approximate surface area is 202 Å². The van der Waals surface area contributed by atoms with E-state index in [0.29, 0.717) is 18.4 Å². The SMILES string of the molecule is CC(=O)OC1(C(=O)O)CCCC(Oc2ccc(CO)cc2C(=O)NCCNC(=O)OC(C)(C)C)O1. The van der Waals surface area contributed by atoms with E-state index in [0.717, 1.165) is 6.92 Å². The number of carbonyl (C=O) groups is 4. The van der Waals surface area contributed by atoms with Crippen molar-refractivity contribution in [2.75, 3.05) is 13.1 Å². The maximum atomic E-state index is 12.8. The number of rotatable bonds is 9. The third-order valence-corrected chi connectivity index (χ3v) is 4.71. The highest BCUT2D eigenvalue weighted by molar-refractivity contribution is 5.97. The largest absolute Gasteiger partial charge is 0.476 e. The molecule has 12 heteroatoms. The molecular formula is C23H32N2O10. The van der Waals surface area contributed by atoms with Gasteiger partial charge in [0.05, 0.1) is 12.2 Å². The Hall–Kier alpha value is -3.38. The normalized spacial score (nSPS) is 19.9. The molecule has 2 atom stereocenters. The average Bonchev–Trinajstić information content (AvgIpc) is 2.75. The molecule has 0 saturated carbocycles. The van der Waals surface area contributed by atoms with Crippen molar-refractivity contribution in [2.45, 2.75) is 71.2 Å². The molecule has 0 aromatic heterocycles. The van der Waals surface area contributed by atoms with E-state index >= 15 is 0 Å². The van der Waals surface area contributed by atoms with Gasteiger partial charge in [-0.15, -0.1) is 0 Å². The minimum absolute atomic E-state index is 0.0524.